The van der Waals surface area contributed by atoms with Gasteiger partial charge in [-0.1, -0.05) is 36.4 Å². The fourth-order valence-electron chi connectivity index (χ4n) is 2.30. The molecule has 3 rings (SSSR count). The Kier molecular flexibility index (Phi) is 1.83. The minimum absolute atomic E-state index is 0.282. The van der Waals surface area contributed by atoms with E-state index in [-0.39, 0.29) is 5.54 Å². The summed E-state index contributed by atoms with van der Waals surface area (Å²) >= 11 is 0. The molecular formula is C14H15N. The zero-order valence-corrected chi connectivity index (χ0v) is 8.96. The van der Waals surface area contributed by atoms with E-state index in [2.05, 4.69) is 54.8 Å². The number of benzene rings is 2. The summed E-state index contributed by atoms with van der Waals surface area (Å²) in [7, 11) is 2.06. The van der Waals surface area contributed by atoms with Crippen molar-refractivity contribution in [2.24, 2.45) is 0 Å². The first-order valence-electron chi connectivity index (χ1n) is 5.52. The maximum absolute atomic E-state index is 3.43. The van der Waals surface area contributed by atoms with Crippen LogP contribution in [0.4, 0.5) is 0 Å². The van der Waals surface area contributed by atoms with Crippen molar-refractivity contribution < 1.29 is 0 Å². The fourth-order valence-corrected chi connectivity index (χ4v) is 2.30. The second-order valence-corrected chi connectivity index (χ2v) is 4.39. The second kappa shape index (κ2) is 3.07. The van der Waals surface area contributed by atoms with Gasteiger partial charge in [-0.25, -0.2) is 0 Å². The van der Waals surface area contributed by atoms with Gasteiger partial charge >= 0.3 is 0 Å². The molecule has 1 fully saturated rings. The van der Waals surface area contributed by atoms with Crippen LogP contribution in [0.2, 0.25) is 0 Å². The molecule has 0 spiro atoms. The molecule has 0 unspecified atom stereocenters. The zero-order valence-electron chi connectivity index (χ0n) is 8.96. The van der Waals surface area contributed by atoms with Crippen LogP contribution in [0.25, 0.3) is 10.8 Å². The molecule has 1 saturated carbocycles. The smallest absolute Gasteiger partial charge is 0.0434 e. The maximum Gasteiger partial charge on any atom is 0.0434 e. The van der Waals surface area contributed by atoms with Gasteiger partial charge in [-0.3, -0.25) is 0 Å². The lowest BCUT2D eigenvalue weighted by molar-refractivity contribution is 0.586. The fraction of sp³-hybridized carbons (Fsp3) is 0.286. The lowest BCUT2D eigenvalue weighted by Gasteiger charge is -2.15. The predicted octanol–water partition coefficient (Wildman–Crippen LogP) is 3.05. The minimum Gasteiger partial charge on any atom is -0.310 e. The number of nitrogens with one attached hydrogen (secondary N) is 1. The van der Waals surface area contributed by atoms with Crippen LogP contribution in [0.3, 0.4) is 0 Å². The lowest BCUT2D eigenvalue weighted by Crippen LogP contribution is -2.24. The Bertz CT molecular complexity index is 497. The molecule has 0 atom stereocenters. The average molecular weight is 197 g/mol. The van der Waals surface area contributed by atoms with E-state index in [0.717, 1.165) is 0 Å². The minimum atomic E-state index is 0.282. The molecule has 0 heterocycles. The first-order chi connectivity index (χ1) is 7.34. The standard InChI is InChI=1S/C14H15N/c1-15-14(8-9-14)13-7-6-11-4-2-3-5-12(11)10-13/h2-7,10,15H,8-9H2,1H3. The van der Waals surface area contributed by atoms with Gasteiger partial charge in [-0.15, -0.1) is 0 Å². The summed E-state index contributed by atoms with van der Waals surface area (Å²) < 4.78 is 0. The molecule has 0 aromatic heterocycles. The Balaban J connectivity index is 2.14. The third-order valence-electron chi connectivity index (χ3n) is 3.53. The largest absolute Gasteiger partial charge is 0.310 e. The van der Waals surface area contributed by atoms with Crippen molar-refractivity contribution in [1.82, 2.24) is 5.32 Å². The van der Waals surface area contributed by atoms with Crippen molar-refractivity contribution in [2.75, 3.05) is 7.05 Å². The van der Waals surface area contributed by atoms with E-state index in [1.165, 1.54) is 29.2 Å². The number of fused-ring (bicyclic) bond motifs is 1. The van der Waals surface area contributed by atoms with Gasteiger partial charge in [0.1, 0.15) is 0 Å². The summed E-state index contributed by atoms with van der Waals surface area (Å²) in [6.07, 6.45) is 2.53. The van der Waals surface area contributed by atoms with Crippen molar-refractivity contribution in [3.8, 4) is 0 Å². The molecule has 0 aliphatic heterocycles. The maximum atomic E-state index is 3.43. The van der Waals surface area contributed by atoms with Crippen LogP contribution in [-0.4, -0.2) is 7.05 Å². The quantitative estimate of drug-likeness (QED) is 0.780. The molecule has 2 aromatic carbocycles. The van der Waals surface area contributed by atoms with E-state index >= 15 is 0 Å². The Morgan fingerprint density at radius 1 is 1.00 bits per heavy atom. The summed E-state index contributed by atoms with van der Waals surface area (Å²) in [6.45, 7) is 0. The van der Waals surface area contributed by atoms with Gasteiger partial charge in [0.2, 0.25) is 0 Å². The Labute approximate surface area is 90.1 Å². The highest BCUT2D eigenvalue weighted by Gasteiger charge is 2.42. The van der Waals surface area contributed by atoms with Crippen LogP contribution in [0.15, 0.2) is 42.5 Å². The second-order valence-electron chi connectivity index (χ2n) is 4.39. The van der Waals surface area contributed by atoms with E-state index in [1.807, 2.05) is 0 Å². The van der Waals surface area contributed by atoms with Crippen molar-refractivity contribution in [3.63, 3.8) is 0 Å². The topological polar surface area (TPSA) is 12.0 Å². The molecule has 0 saturated heterocycles. The summed E-state index contributed by atoms with van der Waals surface area (Å²) in [5.74, 6) is 0. The van der Waals surface area contributed by atoms with Gasteiger partial charge < -0.3 is 5.32 Å². The van der Waals surface area contributed by atoms with Crippen LogP contribution in [-0.2, 0) is 5.54 Å². The molecule has 0 bridgehead atoms. The number of rotatable bonds is 2. The Morgan fingerprint density at radius 2 is 1.73 bits per heavy atom. The lowest BCUT2D eigenvalue weighted by atomic mass is 10.0. The van der Waals surface area contributed by atoms with Gasteiger partial charge in [-0.2, -0.15) is 0 Å². The highest BCUT2D eigenvalue weighted by atomic mass is 15.0. The van der Waals surface area contributed by atoms with Crippen molar-refractivity contribution in [2.45, 2.75) is 18.4 Å². The molecule has 0 radical (unpaired) electrons. The molecule has 1 aliphatic carbocycles. The summed E-state index contributed by atoms with van der Waals surface area (Å²) in [5, 5.41) is 6.10. The van der Waals surface area contributed by atoms with E-state index in [0.29, 0.717) is 0 Å². The summed E-state index contributed by atoms with van der Waals surface area (Å²) in [5.41, 5.74) is 1.72. The molecule has 1 heteroatoms. The van der Waals surface area contributed by atoms with Crippen LogP contribution >= 0.6 is 0 Å². The number of hydrogen-bond acceptors (Lipinski definition) is 1. The van der Waals surface area contributed by atoms with Crippen molar-refractivity contribution >= 4 is 10.8 Å². The van der Waals surface area contributed by atoms with E-state index in [9.17, 15) is 0 Å². The van der Waals surface area contributed by atoms with Crippen LogP contribution in [0.1, 0.15) is 18.4 Å². The Hall–Kier alpha value is -1.34. The van der Waals surface area contributed by atoms with Crippen LogP contribution in [0.5, 0.6) is 0 Å². The molecular weight excluding hydrogens is 182 g/mol. The summed E-state index contributed by atoms with van der Waals surface area (Å²) in [6, 6.07) is 15.3. The van der Waals surface area contributed by atoms with Gasteiger partial charge in [0.15, 0.2) is 0 Å². The molecule has 1 aliphatic rings. The third-order valence-corrected chi connectivity index (χ3v) is 3.53. The first-order valence-corrected chi connectivity index (χ1v) is 5.52. The van der Waals surface area contributed by atoms with Gasteiger partial charge in [0.25, 0.3) is 0 Å². The molecule has 1 nitrogen and oxygen atoms in total. The van der Waals surface area contributed by atoms with Crippen LogP contribution < -0.4 is 5.32 Å². The first kappa shape index (κ1) is 8.93. The van der Waals surface area contributed by atoms with E-state index < -0.39 is 0 Å². The van der Waals surface area contributed by atoms with E-state index in [4.69, 9.17) is 0 Å². The Morgan fingerprint density at radius 3 is 2.40 bits per heavy atom. The zero-order chi connectivity index (χ0) is 10.3. The monoisotopic (exact) mass is 197 g/mol. The molecule has 15 heavy (non-hydrogen) atoms. The predicted molar refractivity (Wildman–Crippen MR) is 63.9 cm³/mol. The SMILES string of the molecule is CNC1(c2ccc3ccccc3c2)CC1. The van der Waals surface area contributed by atoms with Gasteiger partial charge in [0.05, 0.1) is 0 Å². The highest BCUT2D eigenvalue weighted by Crippen LogP contribution is 2.45. The molecule has 0 amide bonds. The highest BCUT2D eigenvalue weighted by molar-refractivity contribution is 5.83. The molecule has 76 valence electrons. The van der Waals surface area contributed by atoms with E-state index in [1.54, 1.807) is 0 Å². The third kappa shape index (κ3) is 1.35. The molecule has 2 aromatic rings. The normalized spacial score (nSPS) is 17.9. The van der Waals surface area contributed by atoms with Gasteiger partial charge in [-0.05, 0) is 42.3 Å². The molecule has 1 N–H and O–H groups in total. The average Bonchev–Trinajstić information content (AvgIpc) is 3.09. The van der Waals surface area contributed by atoms with Gasteiger partial charge in [0, 0.05) is 5.54 Å². The van der Waals surface area contributed by atoms with Crippen molar-refractivity contribution in [1.29, 1.82) is 0 Å². The number of hydrogen-bond donors (Lipinski definition) is 1. The van der Waals surface area contributed by atoms with Crippen molar-refractivity contribution in [3.05, 3.63) is 48.0 Å². The summed E-state index contributed by atoms with van der Waals surface area (Å²) in [4.78, 5) is 0. The van der Waals surface area contributed by atoms with Crippen LogP contribution in [0, 0.1) is 0 Å².